The van der Waals surface area contributed by atoms with Crippen LogP contribution in [0.1, 0.15) is 0 Å². The number of phosphoric ester groups is 1. The third-order valence-electron chi connectivity index (χ3n) is 2.26. The van der Waals surface area contributed by atoms with Gasteiger partial charge >= 0.3 is 13.5 Å². The molecule has 1 rings (SSSR count). The van der Waals surface area contributed by atoms with Gasteiger partial charge in [0, 0.05) is 6.07 Å². The van der Waals surface area contributed by atoms with Crippen LogP contribution in [0.15, 0.2) is 18.2 Å². The lowest BCUT2D eigenvalue weighted by Crippen LogP contribution is -2.24. The van der Waals surface area contributed by atoms with E-state index in [9.17, 15) is 24.8 Å². The van der Waals surface area contributed by atoms with Crippen molar-refractivity contribution in [3.8, 4) is 5.75 Å². The third-order valence-corrected chi connectivity index (χ3v) is 2.84. The third kappa shape index (κ3) is 5.35. The van der Waals surface area contributed by atoms with Crippen molar-refractivity contribution in [2.75, 3.05) is 13.2 Å². The molecule has 0 spiro atoms. The van der Waals surface area contributed by atoms with Gasteiger partial charge in [-0.3, -0.25) is 24.8 Å². The molecule has 0 aliphatic carbocycles. The highest BCUT2D eigenvalue weighted by molar-refractivity contribution is 7.46. The fourth-order valence-electron chi connectivity index (χ4n) is 1.38. The molecule has 1 aromatic rings. The van der Waals surface area contributed by atoms with Crippen molar-refractivity contribution in [3.05, 3.63) is 38.4 Å². The SMILES string of the molecule is O=[N+]([O-])c1ccc(OCC(CO)OP(=O)(O)O)c([N+](=O)[O-])c1. The highest BCUT2D eigenvalue weighted by Crippen LogP contribution is 2.38. The summed E-state index contributed by atoms with van der Waals surface area (Å²) in [6.45, 7) is -1.42. The minimum absolute atomic E-state index is 0.372. The summed E-state index contributed by atoms with van der Waals surface area (Å²) in [5.41, 5.74) is -1.23. The van der Waals surface area contributed by atoms with Gasteiger partial charge in [-0.25, -0.2) is 4.57 Å². The van der Waals surface area contributed by atoms with E-state index in [1.165, 1.54) is 0 Å². The number of hydrogen-bond donors (Lipinski definition) is 3. The number of nitro groups is 2. The molecule has 1 unspecified atom stereocenters. The molecule has 1 aromatic carbocycles. The fourth-order valence-corrected chi connectivity index (χ4v) is 1.89. The van der Waals surface area contributed by atoms with Gasteiger partial charge < -0.3 is 19.6 Å². The molecule has 0 bridgehead atoms. The molecule has 0 heterocycles. The zero-order chi connectivity index (χ0) is 16.9. The molecule has 13 heteroatoms. The second-order valence-electron chi connectivity index (χ2n) is 3.88. The standard InChI is InChI=1S/C9H11N2O10P/c12-4-7(21-22(17,18)19)5-20-9-2-1-6(10(13)14)3-8(9)11(15)16/h1-3,7,12H,4-5H2,(H2,17,18,19). The second kappa shape index (κ2) is 7.24. The number of phosphoric acid groups is 1. The van der Waals surface area contributed by atoms with Crippen LogP contribution in [0.5, 0.6) is 5.75 Å². The van der Waals surface area contributed by atoms with Gasteiger partial charge in [0.25, 0.3) is 5.69 Å². The van der Waals surface area contributed by atoms with Crippen LogP contribution in [0.2, 0.25) is 0 Å². The summed E-state index contributed by atoms with van der Waals surface area (Å²) in [7, 11) is -4.87. The molecule has 0 amide bonds. The normalized spacial score (nSPS) is 12.7. The molecule has 0 aliphatic heterocycles. The average Bonchev–Trinajstić information content (AvgIpc) is 2.41. The van der Waals surface area contributed by atoms with Crippen molar-refractivity contribution < 1.29 is 38.6 Å². The van der Waals surface area contributed by atoms with Gasteiger partial charge in [-0.1, -0.05) is 0 Å². The van der Waals surface area contributed by atoms with Crippen LogP contribution < -0.4 is 4.74 Å². The van der Waals surface area contributed by atoms with E-state index in [1.54, 1.807) is 0 Å². The molecular weight excluding hydrogens is 327 g/mol. The molecule has 122 valence electrons. The molecule has 12 nitrogen and oxygen atoms in total. The summed E-state index contributed by atoms with van der Waals surface area (Å²) in [4.78, 5) is 36.8. The minimum atomic E-state index is -4.87. The summed E-state index contributed by atoms with van der Waals surface area (Å²) in [5.74, 6) is -0.372. The number of ether oxygens (including phenoxy) is 1. The molecule has 0 fully saturated rings. The van der Waals surface area contributed by atoms with Gasteiger partial charge in [-0.05, 0) is 6.07 Å². The minimum Gasteiger partial charge on any atom is -0.484 e. The molecule has 0 aromatic heterocycles. The summed E-state index contributed by atoms with van der Waals surface area (Å²) >= 11 is 0. The van der Waals surface area contributed by atoms with Crippen LogP contribution in [-0.2, 0) is 9.09 Å². The van der Waals surface area contributed by atoms with E-state index in [0.29, 0.717) is 6.07 Å². The Hall–Kier alpha value is -2.11. The van der Waals surface area contributed by atoms with Crippen molar-refractivity contribution in [1.82, 2.24) is 0 Å². The summed E-state index contributed by atoms with van der Waals surface area (Å²) in [5, 5.41) is 30.3. The Balaban J connectivity index is 2.90. The summed E-state index contributed by atoms with van der Waals surface area (Å²) < 4.78 is 19.8. The van der Waals surface area contributed by atoms with Crippen molar-refractivity contribution >= 4 is 19.2 Å². The van der Waals surface area contributed by atoms with Gasteiger partial charge in [0.15, 0.2) is 5.75 Å². The van der Waals surface area contributed by atoms with Gasteiger partial charge in [0.2, 0.25) is 0 Å². The van der Waals surface area contributed by atoms with Gasteiger partial charge in [-0.15, -0.1) is 0 Å². The first-order chi connectivity index (χ1) is 10.1. The first-order valence-electron chi connectivity index (χ1n) is 5.54. The first-order valence-corrected chi connectivity index (χ1v) is 7.07. The molecular formula is C9H11N2O10P. The molecule has 0 saturated carbocycles. The fraction of sp³-hybridized carbons (Fsp3) is 0.333. The molecule has 0 aliphatic rings. The topological polar surface area (TPSA) is 182 Å². The maximum atomic E-state index is 10.8. The Morgan fingerprint density at radius 1 is 1.23 bits per heavy atom. The highest BCUT2D eigenvalue weighted by atomic mass is 31.2. The predicted molar refractivity (Wildman–Crippen MR) is 69.2 cm³/mol. The monoisotopic (exact) mass is 338 g/mol. The largest absolute Gasteiger partial charge is 0.484 e. The lowest BCUT2D eigenvalue weighted by atomic mass is 10.2. The highest BCUT2D eigenvalue weighted by Gasteiger charge is 2.25. The number of hydrogen-bond acceptors (Lipinski definition) is 8. The maximum Gasteiger partial charge on any atom is 0.470 e. The van der Waals surface area contributed by atoms with Crippen LogP contribution in [0.4, 0.5) is 11.4 Å². The number of aliphatic hydroxyl groups excluding tert-OH is 1. The van der Waals surface area contributed by atoms with E-state index < -0.39 is 48.4 Å². The Morgan fingerprint density at radius 2 is 1.86 bits per heavy atom. The van der Waals surface area contributed by atoms with Crippen LogP contribution in [-0.4, -0.2) is 44.1 Å². The number of rotatable bonds is 8. The van der Waals surface area contributed by atoms with Crippen molar-refractivity contribution in [2.45, 2.75) is 6.10 Å². The van der Waals surface area contributed by atoms with Crippen molar-refractivity contribution in [1.29, 1.82) is 0 Å². The van der Waals surface area contributed by atoms with Crippen LogP contribution >= 0.6 is 7.82 Å². The van der Waals surface area contributed by atoms with E-state index in [2.05, 4.69) is 4.52 Å². The van der Waals surface area contributed by atoms with E-state index in [0.717, 1.165) is 12.1 Å². The molecule has 22 heavy (non-hydrogen) atoms. The Morgan fingerprint density at radius 3 is 2.32 bits per heavy atom. The molecule has 0 radical (unpaired) electrons. The van der Waals surface area contributed by atoms with Gasteiger partial charge in [-0.2, -0.15) is 0 Å². The lowest BCUT2D eigenvalue weighted by molar-refractivity contribution is -0.394. The maximum absolute atomic E-state index is 10.8. The molecule has 1 atom stereocenters. The lowest BCUT2D eigenvalue weighted by Gasteiger charge is -2.16. The van der Waals surface area contributed by atoms with Gasteiger partial charge in [0.1, 0.15) is 12.7 Å². The molecule has 0 saturated heterocycles. The zero-order valence-corrected chi connectivity index (χ0v) is 11.7. The van der Waals surface area contributed by atoms with Crippen LogP contribution in [0.25, 0.3) is 0 Å². The zero-order valence-electron chi connectivity index (χ0n) is 10.8. The van der Waals surface area contributed by atoms with Gasteiger partial charge in [0.05, 0.1) is 22.5 Å². The predicted octanol–water partition coefficient (Wildman–Crippen LogP) is 0.352. The Kier molecular flexibility index (Phi) is 5.91. The van der Waals surface area contributed by atoms with Crippen molar-refractivity contribution in [3.63, 3.8) is 0 Å². The van der Waals surface area contributed by atoms with Crippen LogP contribution in [0, 0.1) is 20.2 Å². The summed E-state index contributed by atoms with van der Waals surface area (Å²) in [6.07, 6.45) is -1.43. The Labute approximate surface area is 122 Å². The first kappa shape index (κ1) is 17.9. The number of aliphatic hydroxyl groups is 1. The van der Waals surface area contributed by atoms with E-state index >= 15 is 0 Å². The average molecular weight is 338 g/mol. The quantitative estimate of drug-likeness (QED) is 0.339. The smallest absolute Gasteiger partial charge is 0.470 e. The summed E-state index contributed by atoms with van der Waals surface area (Å²) in [6, 6.07) is 2.59. The second-order valence-corrected chi connectivity index (χ2v) is 5.07. The number of benzene rings is 1. The number of nitrogens with zero attached hydrogens (tertiary/aromatic N) is 2. The van der Waals surface area contributed by atoms with Crippen molar-refractivity contribution in [2.24, 2.45) is 0 Å². The molecule has 3 N–H and O–H groups in total. The van der Waals surface area contributed by atoms with Crippen LogP contribution in [0.3, 0.4) is 0 Å². The van der Waals surface area contributed by atoms with E-state index in [4.69, 9.17) is 19.6 Å². The number of nitro benzene ring substituents is 2. The number of non-ortho nitro benzene ring substituents is 1. The van der Waals surface area contributed by atoms with E-state index in [1.807, 2.05) is 0 Å². The Bertz CT molecular complexity index is 614. The van der Waals surface area contributed by atoms with E-state index in [-0.39, 0.29) is 5.75 Å².